The molecule has 0 saturated carbocycles. The highest BCUT2D eigenvalue weighted by Gasteiger charge is 2.30. The number of hydrogen-bond acceptors (Lipinski definition) is 5. The smallest absolute Gasteiger partial charge is 0.227 e. The fourth-order valence-electron chi connectivity index (χ4n) is 2.99. The van der Waals surface area contributed by atoms with Gasteiger partial charge in [0.05, 0.1) is 5.92 Å². The van der Waals surface area contributed by atoms with Crippen LogP contribution in [0.25, 0.3) is 0 Å². The van der Waals surface area contributed by atoms with Crippen molar-refractivity contribution in [2.24, 2.45) is 5.92 Å². The van der Waals surface area contributed by atoms with Crippen molar-refractivity contribution in [3.05, 3.63) is 18.0 Å². The third kappa shape index (κ3) is 3.48. The van der Waals surface area contributed by atoms with Gasteiger partial charge in [0.15, 0.2) is 0 Å². The van der Waals surface area contributed by atoms with Crippen molar-refractivity contribution in [1.82, 2.24) is 14.9 Å². The average molecular weight is 306 g/mol. The van der Waals surface area contributed by atoms with Crippen LogP contribution in [-0.4, -0.2) is 58.5 Å². The Hall–Kier alpha value is -1.30. The number of aromatic nitrogens is 2. The molecular formula is C15H22N4OS. The van der Waals surface area contributed by atoms with Gasteiger partial charge in [0.1, 0.15) is 0 Å². The quantitative estimate of drug-likeness (QED) is 0.830. The molecular weight excluding hydrogens is 284 g/mol. The van der Waals surface area contributed by atoms with Crippen molar-refractivity contribution in [1.29, 1.82) is 0 Å². The molecule has 0 aromatic carbocycles. The molecule has 0 spiro atoms. The van der Waals surface area contributed by atoms with Crippen molar-refractivity contribution in [2.75, 3.05) is 42.6 Å². The molecule has 1 amide bonds. The van der Waals surface area contributed by atoms with Gasteiger partial charge in [0.2, 0.25) is 11.9 Å². The molecule has 1 unspecified atom stereocenters. The monoisotopic (exact) mass is 306 g/mol. The first-order valence-corrected chi connectivity index (χ1v) is 8.80. The Morgan fingerprint density at radius 2 is 2.14 bits per heavy atom. The van der Waals surface area contributed by atoms with Crippen molar-refractivity contribution >= 4 is 23.6 Å². The average Bonchev–Trinajstić information content (AvgIpc) is 2.55. The van der Waals surface area contributed by atoms with Crippen LogP contribution < -0.4 is 4.90 Å². The van der Waals surface area contributed by atoms with Gasteiger partial charge in [-0.15, -0.1) is 0 Å². The minimum atomic E-state index is 0.103. The summed E-state index contributed by atoms with van der Waals surface area (Å²) in [6.07, 6.45) is 3.83. The molecule has 0 N–H and O–H groups in total. The normalized spacial score (nSPS) is 23.2. The van der Waals surface area contributed by atoms with Crippen LogP contribution in [0.1, 0.15) is 18.5 Å². The molecule has 2 fully saturated rings. The van der Waals surface area contributed by atoms with E-state index in [9.17, 15) is 4.79 Å². The van der Waals surface area contributed by atoms with E-state index >= 15 is 0 Å². The van der Waals surface area contributed by atoms with E-state index in [0.29, 0.717) is 5.91 Å². The molecule has 1 aromatic rings. The van der Waals surface area contributed by atoms with Crippen LogP contribution in [0.2, 0.25) is 0 Å². The SMILES string of the molecule is Cc1ccnc(N2CCCC(C(=O)N3CCSCC3)C2)n1. The standard InChI is InChI=1S/C15H22N4OS/c1-12-4-5-16-15(17-12)19-6-2-3-13(11-19)14(20)18-7-9-21-10-8-18/h4-5,13H,2-3,6-11H2,1H3. The lowest BCUT2D eigenvalue weighted by Crippen LogP contribution is -2.47. The third-order valence-corrected chi connectivity index (χ3v) is 5.10. The van der Waals surface area contributed by atoms with E-state index in [-0.39, 0.29) is 5.92 Å². The molecule has 1 atom stereocenters. The van der Waals surface area contributed by atoms with Gasteiger partial charge in [-0.25, -0.2) is 9.97 Å². The molecule has 114 valence electrons. The first-order valence-electron chi connectivity index (χ1n) is 7.65. The van der Waals surface area contributed by atoms with E-state index in [1.165, 1.54) is 0 Å². The Bertz CT molecular complexity index is 504. The molecule has 0 radical (unpaired) electrons. The predicted octanol–water partition coefficient (Wildman–Crippen LogP) is 1.58. The maximum absolute atomic E-state index is 12.6. The van der Waals surface area contributed by atoms with E-state index < -0.39 is 0 Å². The maximum atomic E-state index is 12.6. The molecule has 2 saturated heterocycles. The number of anilines is 1. The largest absolute Gasteiger partial charge is 0.341 e. The van der Waals surface area contributed by atoms with Gasteiger partial charge < -0.3 is 9.80 Å². The summed E-state index contributed by atoms with van der Waals surface area (Å²) in [4.78, 5) is 25.7. The molecule has 1 aromatic heterocycles. The van der Waals surface area contributed by atoms with Gasteiger partial charge in [0, 0.05) is 49.6 Å². The maximum Gasteiger partial charge on any atom is 0.227 e. The third-order valence-electron chi connectivity index (χ3n) is 4.16. The first kappa shape index (κ1) is 14.6. The zero-order chi connectivity index (χ0) is 14.7. The van der Waals surface area contributed by atoms with Crippen LogP contribution in [0, 0.1) is 12.8 Å². The van der Waals surface area contributed by atoms with Crippen molar-refractivity contribution < 1.29 is 4.79 Å². The highest BCUT2D eigenvalue weighted by Crippen LogP contribution is 2.23. The van der Waals surface area contributed by atoms with Crippen LogP contribution in [0.3, 0.4) is 0 Å². The minimum absolute atomic E-state index is 0.103. The molecule has 3 heterocycles. The molecule has 0 aliphatic carbocycles. The summed E-state index contributed by atoms with van der Waals surface area (Å²) in [5, 5.41) is 0. The van der Waals surface area contributed by atoms with Gasteiger partial charge >= 0.3 is 0 Å². The molecule has 2 aliphatic rings. The number of carbonyl (C=O) groups is 1. The van der Waals surface area contributed by atoms with Gasteiger partial charge in [0.25, 0.3) is 0 Å². The van der Waals surface area contributed by atoms with E-state index in [1.807, 2.05) is 29.7 Å². The van der Waals surface area contributed by atoms with E-state index in [4.69, 9.17) is 0 Å². The zero-order valence-corrected chi connectivity index (χ0v) is 13.3. The van der Waals surface area contributed by atoms with Crippen LogP contribution in [0.15, 0.2) is 12.3 Å². The van der Waals surface area contributed by atoms with Gasteiger partial charge in [-0.05, 0) is 25.8 Å². The first-order chi connectivity index (χ1) is 10.2. The Morgan fingerprint density at radius 3 is 2.90 bits per heavy atom. The fraction of sp³-hybridized carbons (Fsp3) is 0.667. The van der Waals surface area contributed by atoms with Gasteiger partial charge in [-0.3, -0.25) is 4.79 Å². The minimum Gasteiger partial charge on any atom is -0.341 e. The van der Waals surface area contributed by atoms with E-state index in [0.717, 1.165) is 62.2 Å². The summed E-state index contributed by atoms with van der Waals surface area (Å²) in [5.41, 5.74) is 0.974. The number of nitrogens with zero attached hydrogens (tertiary/aromatic N) is 4. The lowest BCUT2D eigenvalue weighted by molar-refractivity contribution is -0.135. The molecule has 21 heavy (non-hydrogen) atoms. The van der Waals surface area contributed by atoms with Crippen LogP contribution in [0.4, 0.5) is 5.95 Å². The number of carbonyl (C=O) groups excluding carboxylic acids is 1. The number of piperidine rings is 1. The number of aryl methyl sites for hydroxylation is 1. The fourth-order valence-corrected chi connectivity index (χ4v) is 3.89. The summed E-state index contributed by atoms with van der Waals surface area (Å²) < 4.78 is 0. The Morgan fingerprint density at radius 1 is 1.33 bits per heavy atom. The zero-order valence-electron chi connectivity index (χ0n) is 12.5. The van der Waals surface area contributed by atoms with Crippen LogP contribution in [0.5, 0.6) is 0 Å². The summed E-state index contributed by atoms with van der Waals surface area (Å²) in [6, 6.07) is 1.90. The molecule has 0 bridgehead atoms. The molecule has 5 nitrogen and oxygen atoms in total. The lowest BCUT2D eigenvalue weighted by Gasteiger charge is -2.36. The van der Waals surface area contributed by atoms with E-state index in [1.54, 1.807) is 6.20 Å². The second kappa shape index (κ2) is 6.64. The van der Waals surface area contributed by atoms with Crippen LogP contribution >= 0.6 is 11.8 Å². The van der Waals surface area contributed by atoms with Crippen LogP contribution in [-0.2, 0) is 4.79 Å². The van der Waals surface area contributed by atoms with Crippen molar-refractivity contribution in [3.8, 4) is 0 Å². The number of hydrogen-bond donors (Lipinski definition) is 0. The summed E-state index contributed by atoms with van der Waals surface area (Å²) in [5.74, 6) is 3.34. The van der Waals surface area contributed by atoms with E-state index in [2.05, 4.69) is 14.9 Å². The van der Waals surface area contributed by atoms with Gasteiger partial charge in [-0.2, -0.15) is 11.8 Å². The molecule has 6 heteroatoms. The van der Waals surface area contributed by atoms with Crippen molar-refractivity contribution in [3.63, 3.8) is 0 Å². The topological polar surface area (TPSA) is 49.3 Å². The summed E-state index contributed by atoms with van der Waals surface area (Å²) >= 11 is 1.94. The lowest BCUT2D eigenvalue weighted by atomic mass is 9.96. The van der Waals surface area contributed by atoms with Crippen molar-refractivity contribution in [2.45, 2.75) is 19.8 Å². The molecule has 3 rings (SSSR count). The Balaban J connectivity index is 1.66. The summed E-state index contributed by atoms with van der Waals surface area (Å²) in [6.45, 7) is 5.49. The highest BCUT2D eigenvalue weighted by molar-refractivity contribution is 7.99. The predicted molar refractivity (Wildman–Crippen MR) is 85.6 cm³/mol. The highest BCUT2D eigenvalue weighted by atomic mass is 32.2. The second-order valence-electron chi connectivity index (χ2n) is 5.72. The Kier molecular flexibility index (Phi) is 4.63. The number of rotatable bonds is 2. The number of thioether (sulfide) groups is 1. The number of amides is 1. The second-order valence-corrected chi connectivity index (χ2v) is 6.95. The molecule has 2 aliphatic heterocycles. The Labute approximate surface area is 130 Å². The van der Waals surface area contributed by atoms with Gasteiger partial charge in [-0.1, -0.05) is 0 Å². The summed E-state index contributed by atoms with van der Waals surface area (Å²) in [7, 11) is 0.